The van der Waals surface area contributed by atoms with Gasteiger partial charge >= 0.3 is 6.03 Å². The molecule has 0 heterocycles. The number of benzene rings is 2. The Kier molecular flexibility index (Phi) is 6.40. The van der Waals surface area contributed by atoms with Gasteiger partial charge in [0.1, 0.15) is 0 Å². The minimum Gasteiger partial charge on any atom is -0.336 e. The minimum absolute atomic E-state index is 0.0182. The molecule has 0 unspecified atom stereocenters. The molecule has 2 rings (SSSR count). The van der Waals surface area contributed by atoms with E-state index in [4.69, 9.17) is 0 Å². The average Bonchev–Trinajstić information content (AvgIpc) is 2.54. The maximum atomic E-state index is 12.5. The summed E-state index contributed by atoms with van der Waals surface area (Å²) < 4.78 is 25.3. The molecule has 0 fully saturated rings. The first-order valence-electron chi connectivity index (χ1n) is 8.20. The van der Waals surface area contributed by atoms with Crippen molar-refractivity contribution in [2.24, 2.45) is 0 Å². The molecule has 4 N–H and O–H groups in total. The maximum Gasteiger partial charge on any atom is 0.319 e. The van der Waals surface area contributed by atoms with Crippen LogP contribution in [0.15, 0.2) is 48.5 Å². The number of hydrogen-bond donors (Lipinski definition) is 4. The highest BCUT2D eigenvalue weighted by Crippen LogP contribution is 2.23. The van der Waals surface area contributed by atoms with Crippen molar-refractivity contribution in [2.45, 2.75) is 19.9 Å². The van der Waals surface area contributed by atoms with Crippen molar-refractivity contribution in [1.29, 1.82) is 0 Å². The summed E-state index contributed by atoms with van der Waals surface area (Å²) in [6.45, 7) is 3.68. The van der Waals surface area contributed by atoms with Gasteiger partial charge in [-0.15, -0.1) is 0 Å². The topological polar surface area (TPSA) is 116 Å². The monoisotopic (exact) mass is 390 g/mol. The van der Waals surface area contributed by atoms with Gasteiger partial charge in [0, 0.05) is 17.3 Å². The zero-order valence-corrected chi connectivity index (χ0v) is 16.1. The molecule has 0 atom stereocenters. The third kappa shape index (κ3) is 6.63. The Morgan fingerprint density at radius 2 is 1.59 bits per heavy atom. The number of urea groups is 1. The summed E-state index contributed by atoms with van der Waals surface area (Å²) >= 11 is 0. The van der Waals surface area contributed by atoms with Crippen LogP contribution in [0.4, 0.5) is 21.9 Å². The highest BCUT2D eigenvalue weighted by atomic mass is 32.2. The van der Waals surface area contributed by atoms with Gasteiger partial charge < -0.3 is 16.0 Å². The molecule has 0 saturated heterocycles. The van der Waals surface area contributed by atoms with Crippen molar-refractivity contribution >= 4 is 39.0 Å². The first-order chi connectivity index (χ1) is 12.6. The van der Waals surface area contributed by atoms with Crippen LogP contribution in [0.25, 0.3) is 0 Å². The van der Waals surface area contributed by atoms with Crippen LogP contribution in [-0.4, -0.2) is 32.7 Å². The van der Waals surface area contributed by atoms with E-state index in [0.717, 1.165) is 6.26 Å². The van der Waals surface area contributed by atoms with E-state index in [-0.39, 0.29) is 17.8 Å². The van der Waals surface area contributed by atoms with Crippen LogP contribution >= 0.6 is 0 Å². The first kappa shape index (κ1) is 20.2. The number of carbonyl (C=O) groups excluding carboxylic acids is 2. The van der Waals surface area contributed by atoms with Crippen molar-refractivity contribution in [3.63, 3.8) is 0 Å². The summed E-state index contributed by atoms with van der Waals surface area (Å²) in [7, 11) is -3.49. The van der Waals surface area contributed by atoms with Gasteiger partial charge in [-0.2, -0.15) is 0 Å². The predicted octanol–water partition coefficient (Wildman–Crippen LogP) is 2.84. The van der Waals surface area contributed by atoms with Crippen molar-refractivity contribution in [3.05, 3.63) is 54.1 Å². The van der Waals surface area contributed by atoms with Crippen LogP contribution < -0.4 is 20.7 Å². The number of para-hydroxylation sites is 2. The van der Waals surface area contributed by atoms with Crippen LogP contribution in [0.1, 0.15) is 24.2 Å². The first-order valence-corrected chi connectivity index (χ1v) is 10.1. The van der Waals surface area contributed by atoms with Gasteiger partial charge in [-0.1, -0.05) is 18.2 Å². The van der Waals surface area contributed by atoms with Gasteiger partial charge in [0.25, 0.3) is 5.91 Å². The molecule has 0 saturated carbocycles. The number of rotatable bonds is 6. The van der Waals surface area contributed by atoms with E-state index in [2.05, 4.69) is 20.7 Å². The van der Waals surface area contributed by atoms with Crippen LogP contribution in [0.2, 0.25) is 0 Å². The van der Waals surface area contributed by atoms with Crippen molar-refractivity contribution in [3.8, 4) is 0 Å². The van der Waals surface area contributed by atoms with Crippen LogP contribution in [0.5, 0.6) is 0 Å². The SMILES string of the molecule is CC(C)NC(=O)Nc1cccc(C(=O)Nc2ccccc2NS(C)(=O)=O)c1. The van der Waals surface area contributed by atoms with Gasteiger partial charge in [0.2, 0.25) is 10.0 Å². The second-order valence-electron chi connectivity index (χ2n) is 6.21. The fourth-order valence-electron chi connectivity index (χ4n) is 2.24. The van der Waals surface area contributed by atoms with Crippen LogP contribution in [0.3, 0.4) is 0 Å². The summed E-state index contributed by atoms with van der Waals surface area (Å²) in [4.78, 5) is 24.3. The van der Waals surface area contributed by atoms with Crippen molar-refractivity contribution in [1.82, 2.24) is 5.32 Å². The number of anilines is 3. The van der Waals surface area contributed by atoms with E-state index in [9.17, 15) is 18.0 Å². The lowest BCUT2D eigenvalue weighted by molar-refractivity contribution is 0.102. The lowest BCUT2D eigenvalue weighted by atomic mass is 10.1. The maximum absolute atomic E-state index is 12.5. The van der Waals surface area contributed by atoms with Crippen molar-refractivity contribution in [2.75, 3.05) is 21.6 Å². The molecule has 0 spiro atoms. The second kappa shape index (κ2) is 8.54. The average molecular weight is 390 g/mol. The second-order valence-corrected chi connectivity index (χ2v) is 7.96. The highest BCUT2D eigenvalue weighted by Gasteiger charge is 2.12. The van der Waals surface area contributed by atoms with Gasteiger partial charge in [0.05, 0.1) is 17.6 Å². The Labute approximate surface area is 158 Å². The smallest absolute Gasteiger partial charge is 0.319 e. The molecule has 0 aromatic heterocycles. The highest BCUT2D eigenvalue weighted by molar-refractivity contribution is 7.92. The Morgan fingerprint density at radius 1 is 0.926 bits per heavy atom. The Hall–Kier alpha value is -3.07. The van der Waals surface area contributed by atoms with E-state index in [1.165, 1.54) is 6.07 Å². The van der Waals surface area contributed by atoms with Gasteiger partial charge in [-0.3, -0.25) is 9.52 Å². The molecule has 2 aromatic carbocycles. The molecule has 0 aliphatic rings. The zero-order valence-electron chi connectivity index (χ0n) is 15.2. The Balaban J connectivity index is 2.15. The number of sulfonamides is 1. The molecule has 2 aromatic rings. The van der Waals surface area contributed by atoms with Crippen LogP contribution in [-0.2, 0) is 10.0 Å². The normalized spacial score (nSPS) is 11.0. The quantitative estimate of drug-likeness (QED) is 0.607. The Bertz CT molecular complexity index is 942. The van der Waals surface area contributed by atoms with E-state index >= 15 is 0 Å². The number of hydrogen-bond acceptors (Lipinski definition) is 4. The van der Waals surface area contributed by atoms with E-state index in [0.29, 0.717) is 16.9 Å². The predicted molar refractivity (Wildman–Crippen MR) is 107 cm³/mol. The molecular formula is C18H22N4O4S. The summed E-state index contributed by atoms with van der Waals surface area (Å²) in [6, 6.07) is 12.5. The van der Waals surface area contributed by atoms with Crippen LogP contribution in [0, 0.1) is 0 Å². The molecular weight excluding hydrogens is 368 g/mol. The van der Waals surface area contributed by atoms with E-state index in [1.54, 1.807) is 42.5 Å². The Morgan fingerprint density at radius 3 is 2.22 bits per heavy atom. The minimum atomic E-state index is -3.49. The number of amides is 3. The fourth-order valence-corrected chi connectivity index (χ4v) is 2.82. The molecule has 0 aliphatic carbocycles. The largest absolute Gasteiger partial charge is 0.336 e. The van der Waals surface area contributed by atoms with Crippen molar-refractivity contribution < 1.29 is 18.0 Å². The molecule has 144 valence electrons. The summed E-state index contributed by atoms with van der Waals surface area (Å²) in [6.07, 6.45) is 1.03. The van der Waals surface area contributed by atoms with Gasteiger partial charge in [-0.05, 0) is 44.2 Å². The molecule has 8 nitrogen and oxygen atoms in total. The zero-order chi connectivity index (χ0) is 20.0. The standard InChI is InChI=1S/C18H22N4O4S/c1-12(2)19-18(24)20-14-8-6-7-13(11-14)17(23)21-15-9-4-5-10-16(15)22-27(3,25)26/h4-12,22H,1-3H3,(H,21,23)(H2,19,20,24). The third-order valence-corrected chi connectivity index (χ3v) is 3.86. The lowest BCUT2D eigenvalue weighted by Crippen LogP contribution is -2.34. The molecule has 0 radical (unpaired) electrons. The molecule has 0 aliphatic heterocycles. The molecule has 0 bridgehead atoms. The van der Waals surface area contributed by atoms with Gasteiger partial charge in [0.15, 0.2) is 0 Å². The number of nitrogens with one attached hydrogen (secondary N) is 4. The lowest BCUT2D eigenvalue weighted by Gasteiger charge is -2.13. The summed E-state index contributed by atoms with van der Waals surface area (Å²) in [5.41, 5.74) is 1.36. The van der Waals surface area contributed by atoms with E-state index in [1.807, 2.05) is 13.8 Å². The van der Waals surface area contributed by atoms with E-state index < -0.39 is 15.9 Å². The third-order valence-electron chi connectivity index (χ3n) is 3.27. The fraction of sp³-hybridized carbons (Fsp3) is 0.222. The molecule has 3 amide bonds. The summed E-state index contributed by atoms with van der Waals surface area (Å²) in [5, 5.41) is 8.01. The molecule has 27 heavy (non-hydrogen) atoms. The number of carbonyl (C=O) groups is 2. The van der Waals surface area contributed by atoms with Gasteiger partial charge in [-0.25, -0.2) is 13.2 Å². The molecule has 9 heteroatoms. The summed E-state index contributed by atoms with van der Waals surface area (Å²) in [5.74, 6) is -0.439.